The molecule has 0 saturated heterocycles. The van der Waals surface area contributed by atoms with E-state index in [0.29, 0.717) is 98.1 Å². The summed E-state index contributed by atoms with van der Waals surface area (Å²) >= 11 is 79.6. The molecule has 2 aromatic heterocycles. The molecule has 0 spiro atoms. The van der Waals surface area contributed by atoms with Crippen molar-refractivity contribution in [2.75, 3.05) is 34.9 Å². The number of nitrogens with two attached hydrogens (primary N) is 15. The van der Waals surface area contributed by atoms with E-state index in [1.807, 2.05) is 91.0 Å². The van der Waals surface area contributed by atoms with Crippen molar-refractivity contribution in [2.45, 2.75) is 48.9 Å². The fourth-order valence-corrected chi connectivity index (χ4v) is 8.83. The van der Waals surface area contributed by atoms with Gasteiger partial charge < -0.3 is 57.3 Å². The molecule has 662 valence electrons. The number of pyridine rings is 2. The summed E-state index contributed by atoms with van der Waals surface area (Å²) in [6.07, 6.45) is 17.1. The van der Waals surface area contributed by atoms with Crippen molar-refractivity contribution in [3.63, 3.8) is 0 Å². The average Bonchev–Trinajstić information content (AvgIpc) is 0.892. The minimum atomic E-state index is 0.000000000000000222. The van der Waals surface area contributed by atoms with Crippen molar-refractivity contribution < 1.29 is 0 Å². The van der Waals surface area contributed by atoms with E-state index >= 15 is 0 Å². The number of alkyl halides is 5. The summed E-state index contributed by atoms with van der Waals surface area (Å²) in [6.45, 7) is 0. The summed E-state index contributed by atoms with van der Waals surface area (Å²) in [6, 6.07) is 42.0. The third-order valence-corrected chi connectivity index (χ3v) is 14.6. The molecule has 0 amide bonds. The standard InChI is InChI=1S/C11H10ClN3S.C10H9ClN4S.C9H8ClN.C8H7ClN2.2C6H6ClN3S.C6H4ClN3S.2C4H4ClN.C4H2ClN.5CH4N2S/c12-8-15-11(14)16-7-10-3-1-9(2-4-10)5-6-13;11-7-15-10(13)16-6-9-2-1-8(3-4-12)5-14-9;10-7-9-3-1-8(2-4-9)5-6-11;9-5-8-2-1-7(3-4-10)6-11-8;3*7-5-10-6(9)11-4-2-1-3-8;3*5-3-1-2-4-6;5*2-1(3)4/h1-4,8,14H,5,7H2;1-2,5,7,13H,3,6H2;1-4H,5,7H2;1-2,6H,3,5H2;2*1-2,5,9H,4H2;5,9H,4H2;2*1-2H,3H2;3H2;5*(H4,2,3,4)/p+5/b;;;;2-1+;2-1-;;2-1+;2-1-;;;;;;. The number of hydrogen-bond acceptors (Lipinski definition) is 22. The number of nitriles is 10. The van der Waals surface area contributed by atoms with E-state index in [2.05, 4.69) is 194 Å². The van der Waals surface area contributed by atoms with Crippen molar-refractivity contribution in [1.82, 2.24) is 33.3 Å². The van der Waals surface area contributed by atoms with Crippen molar-refractivity contribution in [2.24, 2.45) is 86.0 Å². The van der Waals surface area contributed by atoms with E-state index in [0.717, 1.165) is 78.9 Å². The molecule has 52 heteroatoms. The number of hydrogen-bond donors (Lipinski definition) is 15. The number of halogens is 10. The van der Waals surface area contributed by atoms with Gasteiger partial charge in [-0.25, -0.2) is 0 Å². The largest absolute Gasteiger partial charge is 0.404 e. The lowest BCUT2D eigenvalue weighted by Gasteiger charge is -1.98. The number of aromatic nitrogens is 2. The minimum absolute atomic E-state index is 0.000000000000000222. The Morgan fingerprint density at radius 3 is 0.864 bits per heavy atom. The molecule has 0 bridgehead atoms. The van der Waals surface area contributed by atoms with Gasteiger partial charge in [0, 0.05) is 89.2 Å². The SMILES string of the molecule is N#C/C=C/CCl.N#C/C=C/CSC(N)=[N+]=CCl.N#C/C=C\CCl.N#C/C=C\CSC(N)=[N+]=CCl.N#CC#CCCl.N#CC#CCSC(N)=[N+]=CCl.N#CCc1ccc(CCl)cc1.N#CCc1ccc(CCl)nc1.N#CCc1ccc(CSC(N)=[N+]=CCl)cc1.N#CCc1ccc(CSC(N)=[N+]=CCl)nc1.NC(N)=S.NC(N)=S.NC(N)=S.NC(N)=S.NC(N)=S. The van der Waals surface area contributed by atoms with Crippen molar-refractivity contribution >= 4 is 316 Å². The lowest BCUT2D eigenvalue weighted by Crippen LogP contribution is -2.18. The maximum Gasteiger partial charge on any atom is 0.404 e. The summed E-state index contributed by atoms with van der Waals surface area (Å²) in [4.78, 5) is 8.24. The molecule has 32 nitrogen and oxygen atoms in total. The molecule has 125 heavy (non-hydrogen) atoms. The van der Waals surface area contributed by atoms with Crippen LogP contribution in [0, 0.1) is 137 Å². The fourth-order valence-electron chi connectivity index (χ4n) is 4.80. The second-order valence-electron chi connectivity index (χ2n) is 18.3. The molecule has 4 aromatic rings. The number of rotatable bonds is 17. The lowest BCUT2D eigenvalue weighted by molar-refractivity contribution is 1.12. The summed E-state index contributed by atoms with van der Waals surface area (Å²) in [5, 5.41) is 83.2. The minimum Gasteiger partial charge on any atom is -0.377 e. The number of nitrogens with zero attached hydrogens (tertiary/aromatic N) is 17. The van der Waals surface area contributed by atoms with Crippen LogP contribution in [0.5, 0.6) is 0 Å². The van der Waals surface area contributed by atoms with Crippen molar-refractivity contribution in [3.05, 3.63) is 179 Å². The van der Waals surface area contributed by atoms with Crippen LogP contribution < -0.4 is 109 Å². The molecular weight excluding hydrogens is 2000 g/mol. The highest BCUT2D eigenvalue weighted by molar-refractivity contribution is 8.14. The molecule has 0 saturated carbocycles. The number of thioether (sulfide) groups is 5. The molecule has 0 fully saturated rings. The quantitative estimate of drug-likeness (QED) is 0.00949. The van der Waals surface area contributed by atoms with Crippen LogP contribution in [-0.4, -0.2) is 125 Å². The Balaban J connectivity index is -0.000000127. The number of benzene rings is 2. The molecule has 0 atom stereocenters. The first-order valence-electron chi connectivity index (χ1n) is 32.0. The van der Waals surface area contributed by atoms with E-state index < -0.39 is 0 Å². The first kappa shape index (κ1) is 137. The molecule has 0 aliphatic heterocycles. The summed E-state index contributed by atoms with van der Waals surface area (Å²) in [5.41, 5.74) is 86.8. The maximum absolute atomic E-state index is 8.52. The monoisotopic (exact) mass is 2080 g/mol. The molecule has 30 N–H and O–H groups in total. The maximum atomic E-state index is 8.52. The van der Waals surface area contributed by atoms with Gasteiger partial charge in [-0.15, -0.1) is 58.0 Å². The van der Waals surface area contributed by atoms with E-state index in [-0.39, 0.29) is 31.4 Å². The summed E-state index contributed by atoms with van der Waals surface area (Å²) < 4.78 is 18.2. The molecule has 2 aromatic carbocycles. The van der Waals surface area contributed by atoms with Crippen LogP contribution in [-0.2, 0) is 48.9 Å². The highest BCUT2D eigenvalue weighted by Crippen LogP contribution is 2.13. The lowest BCUT2D eigenvalue weighted by atomic mass is 10.1. The molecule has 0 radical (unpaired) electrons. The number of thiocarbonyl (C=S) groups is 5. The van der Waals surface area contributed by atoms with E-state index in [9.17, 15) is 0 Å². The van der Waals surface area contributed by atoms with Gasteiger partial charge in [-0.2, -0.15) is 76.0 Å². The van der Waals surface area contributed by atoms with Gasteiger partial charge in [0.2, 0.25) is 0 Å². The normalized spacial score (nSPS) is 8.03. The van der Waals surface area contributed by atoms with E-state index in [1.54, 1.807) is 61.0 Å². The van der Waals surface area contributed by atoms with Crippen molar-refractivity contribution in [1.29, 1.82) is 52.6 Å². The first-order chi connectivity index (χ1) is 59.6. The second kappa shape index (κ2) is 117. The van der Waals surface area contributed by atoms with Gasteiger partial charge in [0.1, 0.15) is 0 Å². The fraction of sp³-hybridized carbons (Fsp3) is 0.192. The molecule has 0 aliphatic carbocycles. The van der Waals surface area contributed by atoms with Crippen LogP contribution in [0.2, 0.25) is 0 Å². The Kier molecular flexibility index (Phi) is 129. The smallest absolute Gasteiger partial charge is 0.377 e. The topological polar surface area (TPSA) is 724 Å². The van der Waals surface area contributed by atoms with Gasteiger partial charge in [-0.05, 0) is 223 Å². The number of amidine groups is 5. The van der Waals surface area contributed by atoms with Gasteiger partial charge >= 0.3 is 25.8 Å². The zero-order chi connectivity index (χ0) is 97.8. The zero-order valence-electron chi connectivity index (χ0n) is 65.6. The highest BCUT2D eigenvalue weighted by Gasteiger charge is 2.06. The second-order valence-corrected chi connectivity index (χ2v) is 28.1. The highest BCUT2D eigenvalue weighted by atomic mass is 35.5. The molecule has 4 rings (SSSR count). The molecule has 2 heterocycles. The van der Waals surface area contributed by atoms with Gasteiger partial charge in [-0.3, -0.25) is 38.6 Å². The first-order valence-corrected chi connectivity index (χ1v) is 43.8. The van der Waals surface area contributed by atoms with Crippen LogP contribution >= 0.6 is 236 Å². The van der Waals surface area contributed by atoms with Gasteiger partial charge in [0.05, 0.1) is 103 Å². The van der Waals surface area contributed by atoms with Gasteiger partial charge in [0.15, 0.2) is 37.7 Å². The summed E-state index contributed by atoms with van der Waals surface area (Å²) in [5.74, 6) is 14.4. The van der Waals surface area contributed by atoms with E-state index in [4.69, 9.17) is 197 Å². The predicted molar refractivity (Wildman–Crippen MR) is 557 cm³/mol. The third-order valence-electron chi connectivity index (χ3n) is 9.13. The Bertz CT molecular complexity index is 4430. The number of allylic oxidation sites excluding steroid dienone is 6. The van der Waals surface area contributed by atoms with E-state index in [1.165, 1.54) is 83.1 Å². The molecule has 0 aliphatic rings. The average molecular weight is 2090 g/mol. The van der Waals surface area contributed by atoms with Crippen LogP contribution in [0.3, 0.4) is 0 Å². The Labute approximate surface area is 826 Å². The predicted octanol–water partition coefficient (Wildman–Crippen LogP) is 7.14. The third kappa shape index (κ3) is 148. The van der Waals surface area contributed by atoms with Crippen molar-refractivity contribution in [3.8, 4) is 84.4 Å². The van der Waals surface area contributed by atoms with Crippen LogP contribution in [0.1, 0.15) is 44.8 Å². The molecular formula is C73H85Cl10N32S10+5. The Hall–Kier alpha value is -10.9. The Morgan fingerprint density at radius 2 is 0.608 bits per heavy atom. The van der Waals surface area contributed by atoms with Gasteiger partial charge in [-0.1, -0.05) is 96.8 Å². The van der Waals surface area contributed by atoms with Gasteiger partial charge in [0.25, 0.3) is 28.4 Å². The van der Waals surface area contributed by atoms with Crippen LogP contribution in [0.15, 0.2) is 134 Å². The molecule has 0 unspecified atom stereocenters. The van der Waals surface area contributed by atoms with Crippen LogP contribution in [0.25, 0.3) is 0 Å². The van der Waals surface area contributed by atoms with Crippen LogP contribution in [0.4, 0.5) is 0 Å². The summed E-state index contributed by atoms with van der Waals surface area (Å²) in [7, 11) is 0. The Morgan fingerprint density at radius 1 is 0.336 bits per heavy atom. The zero-order valence-corrected chi connectivity index (χ0v) is 81.3.